The van der Waals surface area contributed by atoms with Gasteiger partial charge in [0.15, 0.2) is 11.5 Å². The summed E-state index contributed by atoms with van der Waals surface area (Å²) in [5.74, 6) is 4.15. The van der Waals surface area contributed by atoms with Crippen molar-refractivity contribution < 1.29 is 9.47 Å². The van der Waals surface area contributed by atoms with E-state index in [9.17, 15) is 0 Å². The van der Waals surface area contributed by atoms with Crippen LogP contribution in [0.1, 0.15) is 36.0 Å². The van der Waals surface area contributed by atoms with Crippen molar-refractivity contribution in [2.75, 3.05) is 45.9 Å². The number of methoxy groups -OCH3 is 2. The molecule has 172 valence electrons. The maximum absolute atomic E-state index is 5.43. The summed E-state index contributed by atoms with van der Waals surface area (Å²) in [7, 11) is 5.61. The van der Waals surface area contributed by atoms with Crippen molar-refractivity contribution in [1.82, 2.24) is 4.90 Å². The van der Waals surface area contributed by atoms with Crippen LogP contribution in [0.3, 0.4) is 0 Å². The number of hydrogen-bond donors (Lipinski definition) is 0. The zero-order chi connectivity index (χ0) is 21.4. The van der Waals surface area contributed by atoms with Crippen LogP contribution >= 0.6 is 35.9 Å². The maximum Gasteiger partial charge on any atom is 0.160 e. The summed E-state index contributed by atoms with van der Waals surface area (Å²) in [6.07, 6.45) is 4.79. The van der Waals surface area contributed by atoms with Gasteiger partial charge in [0.05, 0.1) is 18.3 Å². The second-order valence-corrected chi connectivity index (χ2v) is 11.1. The highest BCUT2D eigenvalue weighted by Gasteiger charge is 2.35. The van der Waals surface area contributed by atoms with Gasteiger partial charge < -0.3 is 14.4 Å². The molecule has 0 aromatic heterocycles. The summed E-state index contributed by atoms with van der Waals surface area (Å²) >= 11 is 4.32. The first-order valence-corrected chi connectivity index (χ1v) is 12.8. The first-order valence-electron chi connectivity index (χ1n) is 10.8. The van der Waals surface area contributed by atoms with Gasteiger partial charge in [-0.2, -0.15) is 0 Å². The normalized spacial score (nSPS) is 15.4. The van der Waals surface area contributed by atoms with Gasteiger partial charge in [0.2, 0.25) is 0 Å². The van der Waals surface area contributed by atoms with E-state index in [0.29, 0.717) is 0 Å². The monoisotopic (exact) mass is 481 g/mol. The second kappa shape index (κ2) is 12.9. The lowest BCUT2D eigenvalue weighted by Gasteiger charge is -2.37. The van der Waals surface area contributed by atoms with Crippen molar-refractivity contribution in [3.05, 3.63) is 59.2 Å². The lowest BCUT2D eigenvalue weighted by molar-refractivity contribution is 0.327. The van der Waals surface area contributed by atoms with E-state index in [1.165, 1.54) is 47.5 Å². The molecule has 1 saturated heterocycles. The molecule has 0 aliphatic carbocycles. The number of halogens is 1. The van der Waals surface area contributed by atoms with Crippen LogP contribution in [0, 0.1) is 6.92 Å². The van der Waals surface area contributed by atoms with E-state index in [-0.39, 0.29) is 16.5 Å². The fraction of sp³-hybridized carbons (Fsp3) is 0.520. The van der Waals surface area contributed by atoms with Gasteiger partial charge in [0, 0.05) is 6.54 Å². The van der Waals surface area contributed by atoms with E-state index in [0.717, 1.165) is 31.0 Å². The third kappa shape index (κ3) is 7.24. The summed E-state index contributed by atoms with van der Waals surface area (Å²) in [5.41, 5.74) is 4.12. The van der Waals surface area contributed by atoms with E-state index < -0.39 is 0 Å². The third-order valence-corrected chi connectivity index (χ3v) is 9.23. The molecule has 6 heteroatoms. The Hall–Kier alpha value is -1.01. The van der Waals surface area contributed by atoms with Gasteiger partial charge in [0.25, 0.3) is 0 Å². The number of hydrogen-bond acceptors (Lipinski definition) is 5. The molecule has 0 amide bonds. The molecule has 1 aliphatic rings. The van der Waals surface area contributed by atoms with Crippen molar-refractivity contribution in [3.8, 4) is 11.5 Å². The maximum atomic E-state index is 5.43. The van der Waals surface area contributed by atoms with Crippen molar-refractivity contribution in [1.29, 1.82) is 0 Å². The Morgan fingerprint density at radius 3 is 2.26 bits per heavy atom. The predicted molar refractivity (Wildman–Crippen MR) is 140 cm³/mol. The number of benzene rings is 2. The molecule has 0 radical (unpaired) electrons. The molecular formula is C25H36ClNO2S2. The molecule has 31 heavy (non-hydrogen) atoms. The van der Waals surface area contributed by atoms with E-state index in [2.05, 4.69) is 78.8 Å². The minimum atomic E-state index is 0. The lowest BCUT2D eigenvalue weighted by atomic mass is 10.0. The van der Waals surface area contributed by atoms with E-state index in [1.807, 2.05) is 6.07 Å². The molecule has 1 fully saturated rings. The molecule has 3 nitrogen and oxygen atoms in total. The highest BCUT2D eigenvalue weighted by molar-refractivity contribution is 8.18. The molecule has 1 aliphatic heterocycles. The van der Waals surface area contributed by atoms with Crippen LogP contribution in [-0.2, 0) is 10.5 Å². The summed E-state index contributed by atoms with van der Waals surface area (Å²) < 4.78 is 11.0. The second-order valence-electron chi connectivity index (χ2n) is 8.02. The summed E-state index contributed by atoms with van der Waals surface area (Å²) in [6.45, 7) is 4.35. The van der Waals surface area contributed by atoms with Crippen LogP contribution in [0.5, 0.6) is 11.5 Å². The number of aryl methyl sites for hydroxylation is 1. The van der Waals surface area contributed by atoms with Crippen LogP contribution in [0.25, 0.3) is 0 Å². The highest BCUT2D eigenvalue weighted by Crippen LogP contribution is 2.53. The fourth-order valence-electron chi connectivity index (χ4n) is 3.89. The third-order valence-electron chi connectivity index (χ3n) is 5.73. The number of rotatable bonds is 10. The number of thioether (sulfide) groups is 2. The van der Waals surface area contributed by atoms with Crippen LogP contribution in [0.4, 0.5) is 0 Å². The minimum Gasteiger partial charge on any atom is -0.493 e. The van der Waals surface area contributed by atoms with Crippen molar-refractivity contribution in [3.63, 3.8) is 0 Å². The number of ether oxygens (including phenoxy) is 2. The molecule has 0 unspecified atom stereocenters. The standard InChI is InChI=1S/C25H35NO2S2.ClH/c1-20-7-10-22(11-8-20)25(29-17-6-18-30-25)14-5-15-26(2)16-13-21-9-12-23(27-3)24(19-21)28-4;/h7-12,19H,5-6,13-18H2,1-4H3;1H. The molecule has 3 rings (SSSR count). The first-order chi connectivity index (χ1) is 14.6. The van der Waals surface area contributed by atoms with Gasteiger partial charge in [-0.1, -0.05) is 35.9 Å². The van der Waals surface area contributed by atoms with Crippen molar-refractivity contribution >= 4 is 35.9 Å². The van der Waals surface area contributed by atoms with E-state index in [4.69, 9.17) is 9.47 Å². The first kappa shape index (κ1) is 26.2. The van der Waals surface area contributed by atoms with Crippen molar-refractivity contribution in [2.24, 2.45) is 0 Å². The van der Waals surface area contributed by atoms with Crippen LogP contribution in [0.15, 0.2) is 42.5 Å². The molecule has 0 spiro atoms. The smallest absolute Gasteiger partial charge is 0.160 e. The van der Waals surface area contributed by atoms with E-state index in [1.54, 1.807) is 14.2 Å². The summed E-state index contributed by atoms with van der Waals surface area (Å²) in [6, 6.07) is 15.5. The summed E-state index contributed by atoms with van der Waals surface area (Å²) in [4.78, 5) is 2.46. The largest absolute Gasteiger partial charge is 0.493 e. The van der Waals surface area contributed by atoms with Crippen LogP contribution in [0.2, 0.25) is 0 Å². The van der Waals surface area contributed by atoms with E-state index >= 15 is 0 Å². The molecular weight excluding hydrogens is 446 g/mol. The Labute approximate surface area is 203 Å². The predicted octanol–water partition coefficient (Wildman–Crippen LogP) is 6.41. The molecule has 0 N–H and O–H groups in total. The molecule has 2 aromatic rings. The molecule has 0 atom stereocenters. The fourth-order valence-corrected chi connectivity index (χ4v) is 7.32. The SMILES string of the molecule is COc1ccc(CCN(C)CCCC2(c3ccc(C)cc3)SCCCS2)cc1OC.Cl. The topological polar surface area (TPSA) is 21.7 Å². The summed E-state index contributed by atoms with van der Waals surface area (Å²) in [5, 5.41) is 0. The highest BCUT2D eigenvalue weighted by atomic mass is 35.5. The Bertz CT molecular complexity index is 795. The molecule has 2 aromatic carbocycles. The Morgan fingerprint density at radius 1 is 0.935 bits per heavy atom. The van der Waals surface area contributed by atoms with Gasteiger partial charge in [-0.3, -0.25) is 0 Å². The number of likely N-dealkylation sites (N-methyl/N-ethyl adjacent to an activating group) is 1. The molecule has 0 bridgehead atoms. The molecule has 0 saturated carbocycles. The average molecular weight is 482 g/mol. The molecule has 1 heterocycles. The van der Waals surface area contributed by atoms with Crippen LogP contribution < -0.4 is 9.47 Å². The van der Waals surface area contributed by atoms with Gasteiger partial charge >= 0.3 is 0 Å². The van der Waals surface area contributed by atoms with Gasteiger partial charge in [-0.15, -0.1) is 35.9 Å². The van der Waals surface area contributed by atoms with Gasteiger partial charge in [0.1, 0.15) is 0 Å². The van der Waals surface area contributed by atoms with Crippen molar-refractivity contribution in [2.45, 2.75) is 36.7 Å². The average Bonchev–Trinajstić information content (AvgIpc) is 2.78. The van der Waals surface area contributed by atoms with Gasteiger partial charge in [-0.25, -0.2) is 0 Å². The minimum absolute atomic E-state index is 0. The Kier molecular flexibility index (Phi) is 10.9. The zero-order valence-electron chi connectivity index (χ0n) is 19.2. The number of nitrogens with zero attached hydrogens (tertiary/aromatic N) is 1. The quantitative estimate of drug-likeness (QED) is 0.389. The zero-order valence-corrected chi connectivity index (χ0v) is 21.6. The van der Waals surface area contributed by atoms with Gasteiger partial charge in [-0.05, 0) is 81.0 Å². The lowest BCUT2D eigenvalue weighted by Crippen LogP contribution is -2.27. The van der Waals surface area contributed by atoms with Crippen LogP contribution in [-0.4, -0.2) is 50.8 Å². The Balaban J connectivity index is 0.00000341. The Morgan fingerprint density at radius 2 is 1.61 bits per heavy atom.